The Morgan fingerprint density at radius 3 is 2.45 bits per heavy atom. The molecule has 15 heteroatoms. The van der Waals surface area contributed by atoms with Gasteiger partial charge in [0.15, 0.2) is 10.7 Å². The molecule has 3 N–H and O–H groups in total. The molecule has 14 nitrogen and oxygen atoms in total. The Bertz CT molecular complexity index is 1160. The molecular formula is C14H17N9O5S. The molecular weight excluding hydrogens is 406 g/mol. The van der Waals surface area contributed by atoms with Crippen molar-refractivity contribution in [1.82, 2.24) is 35.0 Å². The van der Waals surface area contributed by atoms with Crippen LogP contribution in [0.3, 0.4) is 0 Å². The molecule has 154 valence electrons. The lowest BCUT2D eigenvalue weighted by molar-refractivity contribution is 0.102. The van der Waals surface area contributed by atoms with Gasteiger partial charge in [0.05, 0.1) is 26.8 Å². The lowest BCUT2D eigenvalue weighted by Gasteiger charge is -2.08. The number of rotatable bonds is 6. The number of nitrogens with one attached hydrogen (secondary N) is 1. The molecule has 0 fully saturated rings. The average molecular weight is 423 g/mol. The van der Waals surface area contributed by atoms with Crippen LogP contribution in [-0.4, -0.2) is 63.5 Å². The zero-order chi connectivity index (χ0) is 21.3. The van der Waals surface area contributed by atoms with E-state index in [1.807, 2.05) is 0 Å². The topological polar surface area (TPSA) is 182 Å². The number of amides is 1. The third kappa shape index (κ3) is 3.99. The number of sulfonamides is 1. The van der Waals surface area contributed by atoms with Gasteiger partial charge in [-0.1, -0.05) is 0 Å². The minimum Gasteiger partial charge on any atom is -0.496 e. The molecule has 3 rings (SSSR count). The number of ether oxygens (including phenoxy) is 2. The molecule has 0 bridgehead atoms. The third-order valence-electron chi connectivity index (χ3n) is 3.67. The first-order valence-corrected chi connectivity index (χ1v) is 9.44. The van der Waals surface area contributed by atoms with Gasteiger partial charge in [0, 0.05) is 19.2 Å². The minimum atomic E-state index is -4.26. The maximum Gasteiger partial charge on any atom is 0.278 e. The summed E-state index contributed by atoms with van der Waals surface area (Å²) in [5, 5.41) is 22.7. The zero-order valence-corrected chi connectivity index (χ0v) is 16.6. The van der Waals surface area contributed by atoms with Gasteiger partial charge >= 0.3 is 0 Å². The van der Waals surface area contributed by atoms with Crippen LogP contribution < -0.4 is 19.9 Å². The van der Waals surface area contributed by atoms with E-state index in [9.17, 15) is 13.2 Å². The molecule has 0 saturated carbocycles. The first kappa shape index (κ1) is 20.2. The van der Waals surface area contributed by atoms with E-state index in [1.54, 1.807) is 0 Å². The lowest BCUT2D eigenvalue weighted by Crippen LogP contribution is -2.18. The smallest absolute Gasteiger partial charge is 0.278 e. The molecule has 0 atom stereocenters. The van der Waals surface area contributed by atoms with Crippen LogP contribution in [0.1, 0.15) is 10.5 Å². The first-order valence-electron chi connectivity index (χ1n) is 7.89. The van der Waals surface area contributed by atoms with E-state index in [-0.39, 0.29) is 28.8 Å². The fraction of sp³-hybridized carbons (Fsp3) is 0.286. The molecule has 0 spiro atoms. The Morgan fingerprint density at radius 1 is 1.17 bits per heavy atom. The summed E-state index contributed by atoms with van der Waals surface area (Å²) < 4.78 is 35.3. The highest BCUT2D eigenvalue weighted by molar-refractivity contribution is 7.89. The number of anilines is 1. The van der Waals surface area contributed by atoms with Crippen LogP contribution in [0.4, 0.5) is 5.82 Å². The van der Waals surface area contributed by atoms with E-state index >= 15 is 0 Å². The lowest BCUT2D eigenvalue weighted by atomic mass is 10.2. The van der Waals surface area contributed by atoms with Gasteiger partial charge in [0.2, 0.25) is 11.7 Å². The number of hydrogen-bond donors (Lipinski definition) is 2. The van der Waals surface area contributed by atoms with Gasteiger partial charge in [-0.05, 0) is 5.21 Å². The summed E-state index contributed by atoms with van der Waals surface area (Å²) in [6.07, 6.45) is 0. The Labute approximate surface area is 164 Å². The van der Waals surface area contributed by atoms with E-state index < -0.39 is 21.0 Å². The van der Waals surface area contributed by atoms with Gasteiger partial charge in [-0.3, -0.25) is 9.48 Å². The molecule has 3 heterocycles. The molecule has 0 unspecified atom stereocenters. The molecule has 3 aromatic rings. The van der Waals surface area contributed by atoms with E-state index in [1.165, 1.54) is 40.4 Å². The third-order valence-corrected chi connectivity index (χ3v) is 4.68. The molecule has 0 aromatic carbocycles. The summed E-state index contributed by atoms with van der Waals surface area (Å²) in [5.41, 5.74) is -0.469. The molecule has 0 aliphatic heterocycles. The van der Waals surface area contributed by atoms with E-state index in [0.717, 1.165) is 9.48 Å². The van der Waals surface area contributed by atoms with Crippen LogP contribution in [-0.2, 0) is 24.1 Å². The SMILES string of the molecule is COc1cc(NC(=O)c2nn(C)c(S(N)(=O)=O)c2-c2nnn(C)n2)nc(OC)c1. The number of carbonyl (C=O) groups excluding carboxylic acids is 1. The Kier molecular flexibility index (Phi) is 5.17. The fourth-order valence-corrected chi connectivity index (χ4v) is 3.40. The van der Waals surface area contributed by atoms with Crippen molar-refractivity contribution in [2.45, 2.75) is 5.03 Å². The number of methoxy groups -OCH3 is 2. The van der Waals surface area contributed by atoms with E-state index in [2.05, 4.69) is 30.8 Å². The highest BCUT2D eigenvalue weighted by Gasteiger charge is 2.32. The number of pyridine rings is 1. The van der Waals surface area contributed by atoms with Crippen molar-refractivity contribution in [1.29, 1.82) is 0 Å². The number of aryl methyl sites for hydroxylation is 2. The summed E-state index contributed by atoms with van der Waals surface area (Å²) in [5.74, 6) is -0.241. The van der Waals surface area contributed by atoms with Crippen molar-refractivity contribution in [3.8, 4) is 23.0 Å². The Hall–Kier alpha value is -3.59. The van der Waals surface area contributed by atoms with Crippen LogP contribution in [0.2, 0.25) is 0 Å². The van der Waals surface area contributed by atoms with Crippen LogP contribution >= 0.6 is 0 Å². The molecule has 0 radical (unpaired) electrons. The molecule has 29 heavy (non-hydrogen) atoms. The second kappa shape index (κ2) is 7.44. The zero-order valence-electron chi connectivity index (χ0n) is 15.8. The quantitative estimate of drug-likeness (QED) is 0.495. The van der Waals surface area contributed by atoms with Crippen LogP contribution in [0.5, 0.6) is 11.6 Å². The van der Waals surface area contributed by atoms with Crippen LogP contribution in [0.25, 0.3) is 11.4 Å². The van der Waals surface area contributed by atoms with Crippen LogP contribution in [0.15, 0.2) is 17.2 Å². The van der Waals surface area contributed by atoms with Gasteiger partial charge in [-0.25, -0.2) is 13.6 Å². The summed E-state index contributed by atoms with van der Waals surface area (Å²) in [6, 6.07) is 2.97. The molecule has 0 saturated heterocycles. The van der Waals surface area contributed by atoms with E-state index in [4.69, 9.17) is 14.6 Å². The molecule has 3 aromatic heterocycles. The van der Waals surface area contributed by atoms with Crippen molar-refractivity contribution >= 4 is 21.7 Å². The number of hydrogen-bond acceptors (Lipinski definition) is 10. The Morgan fingerprint density at radius 2 is 1.90 bits per heavy atom. The number of nitrogens with two attached hydrogens (primary N) is 1. The second-order valence-electron chi connectivity index (χ2n) is 5.69. The van der Waals surface area contributed by atoms with Crippen molar-refractivity contribution in [3.05, 3.63) is 17.8 Å². The number of carbonyl (C=O) groups is 1. The predicted octanol–water partition coefficient (Wildman–Crippen LogP) is -1.08. The largest absolute Gasteiger partial charge is 0.496 e. The average Bonchev–Trinajstić information content (AvgIpc) is 3.23. The van der Waals surface area contributed by atoms with Crippen molar-refractivity contribution in [2.24, 2.45) is 19.2 Å². The number of tetrazole rings is 1. The fourth-order valence-electron chi connectivity index (χ4n) is 2.52. The van der Waals surface area contributed by atoms with Gasteiger partial charge in [-0.15, -0.1) is 10.2 Å². The Balaban J connectivity index is 2.10. The highest BCUT2D eigenvalue weighted by atomic mass is 32.2. The van der Waals surface area contributed by atoms with Gasteiger partial charge < -0.3 is 14.8 Å². The molecule has 0 aliphatic rings. The minimum absolute atomic E-state index is 0.0899. The monoisotopic (exact) mass is 423 g/mol. The highest BCUT2D eigenvalue weighted by Crippen LogP contribution is 2.28. The van der Waals surface area contributed by atoms with Gasteiger partial charge in [0.1, 0.15) is 11.6 Å². The van der Waals surface area contributed by atoms with Gasteiger partial charge in [-0.2, -0.15) is 14.9 Å². The number of nitrogens with zero attached hydrogens (tertiary/aromatic N) is 7. The van der Waals surface area contributed by atoms with Crippen molar-refractivity contribution in [2.75, 3.05) is 19.5 Å². The van der Waals surface area contributed by atoms with Crippen LogP contribution in [0, 0.1) is 0 Å². The summed E-state index contributed by atoms with van der Waals surface area (Å²) in [7, 11) is 1.39. The van der Waals surface area contributed by atoms with Gasteiger partial charge in [0.25, 0.3) is 15.9 Å². The predicted molar refractivity (Wildman–Crippen MR) is 97.7 cm³/mol. The first-order chi connectivity index (χ1) is 13.6. The summed E-state index contributed by atoms with van der Waals surface area (Å²) in [6.45, 7) is 0. The molecule has 0 aliphatic carbocycles. The van der Waals surface area contributed by atoms with Crippen molar-refractivity contribution in [3.63, 3.8) is 0 Å². The standard InChI is InChI=1S/C14H17N9O5S/c1-22-14(29(15,25)26)10(12-18-21-23(2)20-12)11(19-22)13(24)17-8-5-7(27-3)6-9(16-8)28-4/h5-6H,1-4H3,(H2,15,25,26)(H,16,17,24). The summed E-state index contributed by atoms with van der Waals surface area (Å²) >= 11 is 0. The maximum absolute atomic E-state index is 12.9. The van der Waals surface area contributed by atoms with E-state index in [0.29, 0.717) is 5.75 Å². The maximum atomic E-state index is 12.9. The number of primary sulfonamides is 1. The summed E-state index contributed by atoms with van der Waals surface area (Å²) in [4.78, 5) is 18.1. The second-order valence-corrected chi connectivity index (χ2v) is 7.17. The number of aromatic nitrogens is 7. The normalized spacial score (nSPS) is 11.3. The molecule has 1 amide bonds. The van der Waals surface area contributed by atoms with Crippen molar-refractivity contribution < 1.29 is 22.7 Å².